The van der Waals surface area contributed by atoms with Gasteiger partial charge in [-0.15, -0.1) is 0 Å². The van der Waals surface area contributed by atoms with Crippen LogP contribution in [0.2, 0.25) is 0 Å². The Balaban J connectivity index is 1.60. The Bertz CT molecular complexity index is 2000. The lowest BCUT2D eigenvalue weighted by Crippen LogP contribution is -2.30. The van der Waals surface area contributed by atoms with E-state index in [1.807, 2.05) is 67.2 Å². The highest BCUT2D eigenvalue weighted by atomic mass is 16.3. The van der Waals surface area contributed by atoms with Crippen LogP contribution < -0.4 is 4.57 Å². The maximum atomic E-state index is 10.3. The SMILES string of the molecule is [2H]C1([2H])CCC([2H])([2H])c2c(C3([2H])CCCC3)ccc(-c3c(C#N)ccc4c3oc3c(-c5cccc[n+]5C)c(C)ccc34)c21. The molecule has 5 aromatic rings. The van der Waals surface area contributed by atoms with Crippen molar-refractivity contribution in [1.29, 1.82) is 5.26 Å². The minimum atomic E-state index is -1.85. The monoisotopic (exact) mass is 502 g/mol. The third-order valence-corrected chi connectivity index (χ3v) is 8.24. The van der Waals surface area contributed by atoms with Gasteiger partial charge in [-0.05, 0) is 97.3 Å². The molecule has 2 aliphatic carbocycles. The molecule has 0 unspecified atom stereocenters. The van der Waals surface area contributed by atoms with Crippen molar-refractivity contribution in [2.45, 2.75) is 64.1 Å². The molecular formula is C35H33N2O+. The first kappa shape index (κ1) is 18.4. The van der Waals surface area contributed by atoms with E-state index in [0.29, 0.717) is 51.8 Å². The lowest BCUT2D eigenvalue weighted by Gasteiger charge is -2.26. The second kappa shape index (κ2) is 9.14. The number of nitriles is 1. The fourth-order valence-electron chi connectivity index (χ4n) is 6.38. The number of pyridine rings is 1. The molecule has 2 aliphatic rings. The van der Waals surface area contributed by atoms with Crippen LogP contribution in [0.25, 0.3) is 44.3 Å². The fraction of sp³-hybridized carbons (Fsp3) is 0.314. The van der Waals surface area contributed by atoms with Gasteiger partial charge in [-0.25, -0.2) is 4.57 Å². The van der Waals surface area contributed by atoms with Gasteiger partial charge in [-0.3, -0.25) is 0 Å². The molecule has 3 heteroatoms. The van der Waals surface area contributed by atoms with Crippen molar-refractivity contribution < 1.29 is 15.8 Å². The van der Waals surface area contributed by atoms with Crippen molar-refractivity contribution in [3.63, 3.8) is 0 Å². The molecule has 0 spiro atoms. The van der Waals surface area contributed by atoms with Gasteiger partial charge in [0.25, 0.3) is 0 Å². The number of nitrogens with zero attached hydrogens (tertiary/aromatic N) is 2. The summed E-state index contributed by atoms with van der Waals surface area (Å²) in [6.07, 6.45) is 1.44. The molecule has 7 rings (SSSR count). The summed E-state index contributed by atoms with van der Waals surface area (Å²) in [7, 11) is 1.99. The maximum Gasteiger partial charge on any atom is 0.216 e. The van der Waals surface area contributed by atoms with Crippen LogP contribution in [-0.2, 0) is 19.8 Å². The summed E-state index contributed by atoms with van der Waals surface area (Å²) in [5.74, 6) is -0.954. The number of hydrogen-bond donors (Lipinski definition) is 0. The van der Waals surface area contributed by atoms with Crippen LogP contribution in [-0.4, -0.2) is 0 Å². The van der Waals surface area contributed by atoms with Gasteiger partial charge in [0.1, 0.15) is 18.2 Å². The molecule has 0 bridgehead atoms. The Hall–Kier alpha value is -3.90. The lowest BCUT2D eigenvalue weighted by atomic mass is 9.79. The van der Waals surface area contributed by atoms with Gasteiger partial charge in [-0.2, -0.15) is 5.26 Å². The molecule has 2 heterocycles. The average Bonchev–Trinajstić information content (AvgIpc) is 3.59. The molecule has 0 aliphatic heterocycles. The predicted octanol–water partition coefficient (Wildman–Crippen LogP) is 8.46. The molecule has 0 saturated heterocycles. The molecule has 0 atom stereocenters. The fourth-order valence-corrected chi connectivity index (χ4v) is 6.38. The quantitative estimate of drug-likeness (QED) is 0.232. The number of hydrogen-bond acceptors (Lipinski definition) is 2. The highest BCUT2D eigenvalue weighted by molar-refractivity contribution is 6.14. The summed E-state index contributed by atoms with van der Waals surface area (Å²) in [5, 5.41) is 12.0. The molecule has 3 aromatic carbocycles. The lowest BCUT2D eigenvalue weighted by molar-refractivity contribution is -0.660. The summed E-state index contributed by atoms with van der Waals surface area (Å²) in [4.78, 5) is 0. The highest BCUT2D eigenvalue weighted by Crippen LogP contribution is 2.46. The van der Waals surface area contributed by atoms with Crippen LogP contribution in [0.4, 0.5) is 0 Å². The zero-order valence-electron chi connectivity index (χ0n) is 26.8. The van der Waals surface area contributed by atoms with Crippen molar-refractivity contribution in [2.75, 3.05) is 0 Å². The predicted molar refractivity (Wildman–Crippen MR) is 153 cm³/mol. The smallest absolute Gasteiger partial charge is 0.216 e. The van der Waals surface area contributed by atoms with Crippen molar-refractivity contribution in [1.82, 2.24) is 0 Å². The third-order valence-electron chi connectivity index (χ3n) is 8.24. The number of aromatic nitrogens is 1. The molecule has 1 fully saturated rings. The Labute approximate surface area is 231 Å². The number of rotatable bonds is 3. The summed E-state index contributed by atoms with van der Waals surface area (Å²) < 4.78 is 54.6. The topological polar surface area (TPSA) is 40.8 Å². The van der Waals surface area contributed by atoms with E-state index in [-0.39, 0.29) is 18.4 Å². The Morgan fingerprint density at radius 1 is 0.895 bits per heavy atom. The standard InChI is InChI=1S/C35H33N2O/c1-22-14-16-29-30-17-15-24(21-36)33(35(30)38-34(29)32(22)31-13-7-8-20-37(31)2)28-19-18-25(23-9-3-4-10-23)26-11-5-6-12-27(26)28/h7-8,13-20,23H,3-6,9-12H2,1-2H3/q+1/i11D2,12D2,23D. The van der Waals surface area contributed by atoms with Gasteiger partial charge >= 0.3 is 0 Å². The van der Waals surface area contributed by atoms with Crippen LogP contribution in [0.1, 0.15) is 79.1 Å². The first-order valence-corrected chi connectivity index (χ1v) is 13.5. The minimum absolute atomic E-state index is 0.0142. The third kappa shape index (κ3) is 3.51. The van der Waals surface area contributed by atoms with E-state index >= 15 is 0 Å². The maximum absolute atomic E-state index is 10.3. The second-order valence-electron chi connectivity index (χ2n) is 10.5. The molecule has 0 radical (unpaired) electrons. The Kier molecular flexibility index (Phi) is 4.42. The summed E-state index contributed by atoms with van der Waals surface area (Å²) in [6, 6.07) is 19.7. The van der Waals surface area contributed by atoms with Crippen molar-refractivity contribution in [2.24, 2.45) is 7.05 Å². The first-order valence-electron chi connectivity index (χ1n) is 16.0. The normalized spacial score (nSPS) is 21.1. The van der Waals surface area contributed by atoms with Crippen LogP contribution in [0.15, 0.2) is 65.2 Å². The van der Waals surface area contributed by atoms with E-state index in [9.17, 15) is 6.63 Å². The van der Waals surface area contributed by atoms with Crippen LogP contribution >= 0.6 is 0 Å². The van der Waals surface area contributed by atoms with Crippen LogP contribution in [0.5, 0.6) is 0 Å². The minimum Gasteiger partial charge on any atom is -0.454 e. The van der Waals surface area contributed by atoms with Crippen molar-refractivity contribution >= 4 is 21.9 Å². The van der Waals surface area contributed by atoms with Gasteiger partial charge in [-0.1, -0.05) is 37.1 Å². The summed E-state index contributed by atoms with van der Waals surface area (Å²) in [6.45, 7) is 2.04. The number of benzene rings is 3. The first-order chi connectivity index (χ1) is 20.5. The van der Waals surface area contributed by atoms with E-state index in [1.54, 1.807) is 6.07 Å². The molecule has 2 aromatic heterocycles. The number of aryl methyl sites for hydroxylation is 2. The molecule has 3 nitrogen and oxygen atoms in total. The van der Waals surface area contributed by atoms with Gasteiger partial charge in [0.15, 0.2) is 6.20 Å². The molecule has 188 valence electrons. The molecule has 0 N–H and O–H groups in total. The van der Waals surface area contributed by atoms with Crippen LogP contribution in [0.3, 0.4) is 0 Å². The largest absolute Gasteiger partial charge is 0.454 e. The van der Waals surface area contributed by atoms with E-state index in [4.69, 9.17) is 9.90 Å². The van der Waals surface area contributed by atoms with Crippen LogP contribution in [0, 0.1) is 18.3 Å². The van der Waals surface area contributed by atoms with E-state index in [2.05, 4.69) is 12.1 Å². The van der Waals surface area contributed by atoms with Crippen molar-refractivity contribution in [3.8, 4) is 28.5 Å². The molecule has 1 saturated carbocycles. The van der Waals surface area contributed by atoms with E-state index < -0.39 is 18.6 Å². The Morgan fingerprint density at radius 2 is 1.63 bits per heavy atom. The summed E-state index contributed by atoms with van der Waals surface area (Å²) in [5.41, 5.74) is 6.57. The molecule has 38 heavy (non-hydrogen) atoms. The van der Waals surface area contributed by atoms with Gasteiger partial charge in [0.2, 0.25) is 5.69 Å². The molecular weight excluding hydrogens is 464 g/mol. The summed E-state index contributed by atoms with van der Waals surface area (Å²) >= 11 is 0. The average molecular weight is 503 g/mol. The number of fused-ring (bicyclic) bond motifs is 4. The van der Waals surface area contributed by atoms with Gasteiger partial charge in [0.05, 0.1) is 17.2 Å². The molecule has 0 amide bonds. The van der Waals surface area contributed by atoms with Gasteiger partial charge in [0, 0.05) is 35.3 Å². The van der Waals surface area contributed by atoms with E-state index in [0.717, 1.165) is 40.4 Å². The Morgan fingerprint density at radius 3 is 2.39 bits per heavy atom. The van der Waals surface area contributed by atoms with Crippen molar-refractivity contribution in [3.05, 3.63) is 88.6 Å². The zero-order valence-corrected chi connectivity index (χ0v) is 21.8. The number of furan rings is 1. The zero-order chi connectivity index (χ0) is 30.3. The second-order valence-corrected chi connectivity index (χ2v) is 10.5. The highest BCUT2D eigenvalue weighted by Gasteiger charge is 2.28. The van der Waals surface area contributed by atoms with Gasteiger partial charge < -0.3 is 4.42 Å². The van der Waals surface area contributed by atoms with E-state index in [1.165, 1.54) is 0 Å².